The van der Waals surface area contributed by atoms with Gasteiger partial charge in [-0.1, -0.05) is 12.1 Å². The Balaban J connectivity index is 2.70. The summed E-state index contributed by atoms with van der Waals surface area (Å²) in [5, 5.41) is 0. The number of ether oxygens (including phenoxy) is 1. The van der Waals surface area contributed by atoms with Crippen molar-refractivity contribution < 1.29 is 14.3 Å². The Morgan fingerprint density at radius 1 is 1.38 bits per heavy atom. The standard InChI is InChI=1S/C15H23N3O3/c1-11(21-2)6-7-15(20)18(10-14(17)19)9-12-4-3-5-13(16)8-12/h3-5,8,11H,6-7,9-10,16H2,1-2H3,(H2,17,19). The fourth-order valence-electron chi connectivity index (χ4n) is 1.93. The highest BCUT2D eigenvalue weighted by Gasteiger charge is 2.17. The van der Waals surface area contributed by atoms with E-state index in [-0.39, 0.29) is 18.6 Å². The summed E-state index contributed by atoms with van der Waals surface area (Å²) >= 11 is 0. The number of benzene rings is 1. The van der Waals surface area contributed by atoms with Crippen LogP contribution in [0.3, 0.4) is 0 Å². The van der Waals surface area contributed by atoms with Crippen molar-refractivity contribution in [3.8, 4) is 0 Å². The Labute approximate surface area is 125 Å². The molecule has 0 fully saturated rings. The van der Waals surface area contributed by atoms with Gasteiger partial charge >= 0.3 is 0 Å². The van der Waals surface area contributed by atoms with E-state index in [9.17, 15) is 9.59 Å². The lowest BCUT2D eigenvalue weighted by atomic mass is 10.1. The van der Waals surface area contributed by atoms with E-state index in [2.05, 4.69) is 0 Å². The molecule has 4 N–H and O–H groups in total. The van der Waals surface area contributed by atoms with Gasteiger partial charge in [0.1, 0.15) is 0 Å². The molecule has 6 nitrogen and oxygen atoms in total. The molecular weight excluding hydrogens is 270 g/mol. The van der Waals surface area contributed by atoms with E-state index in [1.54, 1.807) is 19.2 Å². The molecule has 1 aromatic carbocycles. The van der Waals surface area contributed by atoms with E-state index >= 15 is 0 Å². The molecule has 0 aliphatic rings. The fourth-order valence-corrected chi connectivity index (χ4v) is 1.93. The smallest absolute Gasteiger partial charge is 0.237 e. The van der Waals surface area contributed by atoms with Gasteiger partial charge in [-0.25, -0.2) is 0 Å². The lowest BCUT2D eigenvalue weighted by Crippen LogP contribution is -2.38. The molecule has 0 heterocycles. The van der Waals surface area contributed by atoms with Crippen LogP contribution in [0.5, 0.6) is 0 Å². The van der Waals surface area contributed by atoms with Gasteiger partial charge in [0.05, 0.1) is 12.6 Å². The van der Waals surface area contributed by atoms with Gasteiger partial charge in [0.25, 0.3) is 0 Å². The second kappa shape index (κ2) is 8.26. The van der Waals surface area contributed by atoms with Crippen molar-refractivity contribution in [2.24, 2.45) is 5.73 Å². The molecule has 6 heteroatoms. The summed E-state index contributed by atoms with van der Waals surface area (Å²) < 4.78 is 5.12. The predicted molar refractivity (Wildman–Crippen MR) is 81.2 cm³/mol. The summed E-state index contributed by atoms with van der Waals surface area (Å²) in [4.78, 5) is 24.8. The maximum absolute atomic E-state index is 12.2. The second-order valence-corrected chi connectivity index (χ2v) is 5.05. The molecule has 0 radical (unpaired) electrons. The minimum Gasteiger partial charge on any atom is -0.399 e. The first kappa shape index (κ1) is 17.0. The number of primary amides is 1. The van der Waals surface area contributed by atoms with Crippen molar-refractivity contribution >= 4 is 17.5 Å². The van der Waals surface area contributed by atoms with Gasteiger partial charge < -0.3 is 21.1 Å². The molecule has 0 saturated heterocycles. The molecular formula is C15H23N3O3. The highest BCUT2D eigenvalue weighted by Crippen LogP contribution is 2.12. The van der Waals surface area contributed by atoms with Crippen LogP contribution in [-0.4, -0.2) is 36.5 Å². The molecule has 0 aliphatic heterocycles. The molecule has 1 unspecified atom stereocenters. The lowest BCUT2D eigenvalue weighted by molar-refractivity contribution is -0.136. The Morgan fingerprint density at radius 3 is 2.67 bits per heavy atom. The zero-order chi connectivity index (χ0) is 15.8. The van der Waals surface area contributed by atoms with Crippen molar-refractivity contribution in [3.63, 3.8) is 0 Å². The van der Waals surface area contributed by atoms with Gasteiger partial charge in [-0.15, -0.1) is 0 Å². The van der Waals surface area contributed by atoms with Crippen LogP contribution in [-0.2, 0) is 20.9 Å². The number of hydrogen-bond donors (Lipinski definition) is 2. The van der Waals surface area contributed by atoms with Crippen LogP contribution in [0.15, 0.2) is 24.3 Å². The van der Waals surface area contributed by atoms with Crippen molar-refractivity contribution in [2.75, 3.05) is 19.4 Å². The van der Waals surface area contributed by atoms with E-state index in [1.807, 2.05) is 19.1 Å². The predicted octanol–water partition coefficient (Wildman–Crippen LogP) is 0.898. The summed E-state index contributed by atoms with van der Waals surface area (Å²) in [7, 11) is 1.60. The molecule has 1 atom stereocenters. The monoisotopic (exact) mass is 293 g/mol. The van der Waals surface area contributed by atoms with Crippen LogP contribution in [0.25, 0.3) is 0 Å². The number of hydrogen-bond acceptors (Lipinski definition) is 4. The maximum Gasteiger partial charge on any atom is 0.237 e. The molecule has 0 aliphatic carbocycles. The number of anilines is 1. The molecule has 2 amide bonds. The summed E-state index contributed by atoms with van der Waals surface area (Å²) in [6, 6.07) is 7.21. The van der Waals surface area contributed by atoms with Crippen molar-refractivity contribution in [3.05, 3.63) is 29.8 Å². The number of carbonyl (C=O) groups is 2. The highest BCUT2D eigenvalue weighted by atomic mass is 16.5. The van der Waals surface area contributed by atoms with Crippen LogP contribution >= 0.6 is 0 Å². The zero-order valence-electron chi connectivity index (χ0n) is 12.5. The van der Waals surface area contributed by atoms with Gasteiger partial charge in [-0.3, -0.25) is 9.59 Å². The first-order chi connectivity index (χ1) is 9.92. The average Bonchev–Trinajstić information content (AvgIpc) is 2.43. The van der Waals surface area contributed by atoms with E-state index in [0.717, 1.165) is 5.56 Å². The average molecular weight is 293 g/mol. The minimum atomic E-state index is -0.535. The third-order valence-electron chi connectivity index (χ3n) is 3.19. The largest absolute Gasteiger partial charge is 0.399 e. The van der Waals surface area contributed by atoms with Gasteiger partial charge in [0.15, 0.2) is 0 Å². The SMILES string of the molecule is COC(C)CCC(=O)N(CC(N)=O)Cc1cccc(N)c1. The molecule has 0 aromatic heterocycles. The summed E-state index contributed by atoms with van der Waals surface area (Å²) in [6.07, 6.45) is 0.906. The maximum atomic E-state index is 12.2. The number of nitrogens with zero attached hydrogens (tertiary/aromatic N) is 1. The Kier molecular flexibility index (Phi) is 6.68. The number of rotatable bonds is 8. The number of nitrogens with two attached hydrogens (primary N) is 2. The zero-order valence-corrected chi connectivity index (χ0v) is 12.5. The fraction of sp³-hybridized carbons (Fsp3) is 0.467. The number of methoxy groups -OCH3 is 1. The molecule has 116 valence electrons. The van der Waals surface area contributed by atoms with Crippen molar-refractivity contribution in [2.45, 2.75) is 32.4 Å². The molecule has 0 spiro atoms. The molecule has 0 saturated carbocycles. The number of amides is 2. The molecule has 0 bridgehead atoms. The highest BCUT2D eigenvalue weighted by molar-refractivity contribution is 5.83. The summed E-state index contributed by atoms with van der Waals surface area (Å²) in [5.74, 6) is -0.660. The summed E-state index contributed by atoms with van der Waals surface area (Å²) in [5.41, 5.74) is 12.4. The van der Waals surface area contributed by atoms with E-state index in [0.29, 0.717) is 25.1 Å². The lowest BCUT2D eigenvalue weighted by Gasteiger charge is -2.22. The normalized spacial score (nSPS) is 11.9. The van der Waals surface area contributed by atoms with Gasteiger partial charge in [-0.2, -0.15) is 0 Å². The Bertz CT molecular complexity index is 491. The van der Waals surface area contributed by atoms with Crippen LogP contribution in [0.2, 0.25) is 0 Å². The van der Waals surface area contributed by atoms with Crippen LogP contribution in [0.4, 0.5) is 5.69 Å². The van der Waals surface area contributed by atoms with E-state index in [4.69, 9.17) is 16.2 Å². The third-order valence-corrected chi connectivity index (χ3v) is 3.19. The van der Waals surface area contributed by atoms with Crippen LogP contribution in [0.1, 0.15) is 25.3 Å². The van der Waals surface area contributed by atoms with E-state index in [1.165, 1.54) is 4.90 Å². The van der Waals surface area contributed by atoms with Gasteiger partial charge in [0.2, 0.25) is 11.8 Å². The first-order valence-corrected chi connectivity index (χ1v) is 6.85. The first-order valence-electron chi connectivity index (χ1n) is 6.85. The van der Waals surface area contributed by atoms with Gasteiger partial charge in [-0.05, 0) is 31.0 Å². The second-order valence-electron chi connectivity index (χ2n) is 5.05. The van der Waals surface area contributed by atoms with Gasteiger partial charge in [0, 0.05) is 25.8 Å². The topological polar surface area (TPSA) is 98.6 Å². The van der Waals surface area contributed by atoms with E-state index < -0.39 is 5.91 Å². The minimum absolute atomic E-state index is 0.00301. The van der Waals surface area contributed by atoms with Crippen molar-refractivity contribution in [1.82, 2.24) is 4.90 Å². The Hall–Kier alpha value is -2.08. The number of carbonyl (C=O) groups excluding carboxylic acids is 2. The summed E-state index contributed by atoms with van der Waals surface area (Å²) in [6.45, 7) is 2.10. The molecule has 21 heavy (non-hydrogen) atoms. The van der Waals surface area contributed by atoms with Crippen LogP contribution in [0, 0.1) is 0 Å². The Morgan fingerprint density at radius 2 is 2.10 bits per heavy atom. The molecule has 1 aromatic rings. The quantitative estimate of drug-likeness (QED) is 0.696. The third kappa shape index (κ3) is 6.27. The number of nitrogen functional groups attached to an aromatic ring is 1. The van der Waals surface area contributed by atoms with Crippen molar-refractivity contribution in [1.29, 1.82) is 0 Å². The van der Waals surface area contributed by atoms with Crippen LogP contribution < -0.4 is 11.5 Å². The molecule has 1 rings (SSSR count).